The molecule has 0 atom stereocenters. The Morgan fingerprint density at radius 2 is 1.64 bits per heavy atom. The van der Waals surface area contributed by atoms with Gasteiger partial charge in [-0.25, -0.2) is 4.98 Å². The summed E-state index contributed by atoms with van der Waals surface area (Å²) in [6.45, 7) is 1.99. The van der Waals surface area contributed by atoms with Crippen LogP contribution in [0.25, 0.3) is 22.4 Å². The highest BCUT2D eigenvalue weighted by Gasteiger charge is 2.12. The molecule has 0 bridgehead atoms. The third kappa shape index (κ3) is 3.08. The summed E-state index contributed by atoms with van der Waals surface area (Å²) in [4.78, 5) is 4.63. The normalized spacial score (nSPS) is 10.7. The van der Waals surface area contributed by atoms with Gasteiger partial charge in [-0.3, -0.25) is 0 Å². The maximum absolute atomic E-state index is 6.26. The van der Waals surface area contributed by atoms with Gasteiger partial charge < -0.3 is 0 Å². The second kappa shape index (κ2) is 6.64. The van der Waals surface area contributed by atoms with E-state index in [0.29, 0.717) is 5.15 Å². The number of hydrogen-bond acceptors (Lipinski definition) is 1. The van der Waals surface area contributed by atoms with Crippen molar-refractivity contribution in [3.05, 3.63) is 76.9 Å². The number of aromatic nitrogens is 1. The van der Waals surface area contributed by atoms with Crippen molar-refractivity contribution in [3.63, 3.8) is 0 Å². The Bertz CT molecular complexity index is 783. The summed E-state index contributed by atoms with van der Waals surface area (Å²) in [5.41, 5.74) is 6.47. The topological polar surface area (TPSA) is 12.9 Å². The van der Waals surface area contributed by atoms with Crippen LogP contribution < -0.4 is 0 Å². The van der Waals surface area contributed by atoms with Crippen LogP contribution >= 0.6 is 27.5 Å². The first-order valence-electron chi connectivity index (χ1n) is 7.07. The Hall–Kier alpha value is -1.64. The first-order chi connectivity index (χ1) is 10.7. The van der Waals surface area contributed by atoms with E-state index in [1.165, 1.54) is 5.56 Å². The fraction of sp³-hybridized carbons (Fsp3) is 0.105. The molecule has 0 amide bonds. The van der Waals surface area contributed by atoms with E-state index in [2.05, 4.69) is 63.4 Å². The third-order valence-corrected chi connectivity index (χ3v) is 4.65. The molecule has 3 heteroatoms. The summed E-state index contributed by atoms with van der Waals surface area (Å²) in [5.74, 6) is 0. The molecule has 1 nitrogen and oxygen atoms in total. The molecule has 0 aliphatic heterocycles. The molecule has 3 rings (SSSR count). The molecular weight excluding hydrogens is 358 g/mol. The molecule has 2 aromatic carbocycles. The van der Waals surface area contributed by atoms with E-state index in [9.17, 15) is 0 Å². The number of benzene rings is 2. The van der Waals surface area contributed by atoms with Gasteiger partial charge in [0.15, 0.2) is 0 Å². The lowest BCUT2D eigenvalue weighted by Gasteiger charge is -2.12. The number of hydrogen-bond donors (Lipinski definition) is 0. The second-order valence-electron chi connectivity index (χ2n) is 5.19. The largest absolute Gasteiger partial charge is 0.235 e. The zero-order valence-corrected chi connectivity index (χ0v) is 14.5. The molecule has 0 aliphatic rings. The molecule has 3 aromatic rings. The van der Waals surface area contributed by atoms with Crippen LogP contribution in [0, 0.1) is 6.92 Å². The second-order valence-corrected chi connectivity index (χ2v) is 6.11. The Morgan fingerprint density at radius 3 is 2.27 bits per heavy atom. The van der Waals surface area contributed by atoms with Gasteiger partial charge in [-0.05, 0) is 29.7 Å². The Morgan fingerprint density at radius 1 is 0.955 bits per heavy atom. The van der Waals surface area contributed by atoms with Crippen LogP contribution in [0.15, 0.2) is 60.7 Å². The SMILES string of the molecule is Cc1cc(-c2ccccc2)c(-c2ccc(CBr)cc2)nc1Cl. The zero-order chi connectivity index (χ0) is 15.5. The summed E-state index contributed by atoms with van der Waals surface area (Å²) >= 11 is 9.74. The van der Waals surface area contributed by atoms with E-state index in [1.807, 2.05) is 25.1 Å². The smallest absolute Gasteiger partial charge is 0.132 e. The van der Waals surface area contributed by atoms with Gasteiger partial charge >= 0.3 is 0 Å². The van der Waals surface area contributed by atoms with E-state index < -0.39 is 0 Å². The van der Waals surface area contributed by atoms with Crippen molar-refractivity contribution in [2.75, 3.05) is 0 Å². The standard InChI is InChI=1S/C19H15BrClN/c1-13-11-17(15-5-3-2-4-6-15)18(22-19(13)21)16-9-7-14(12-20)8-10-16/h2-11H,12H2,1H3. The molecule has 22 heavy (non-hydrogen) atoms. The molecule has 0 unspecified atom stereocenters. The molecule has 0 spiro atoms. The number of alkyl halides is 1. The van der Waals surface area contributed by atoms with Crippen molar-refractivity contribution in [2.45, 2.75) is 12.3 Å². The maximum atomic E-state index is 6.26. The fourth-order valence-electron chi connectivity index (χ4n) is 2.40. The summed E-state index contributed by atoms with van der Waals surface area (Å²) in [5, 5.41) is 1.40. The molecular formula is C19H15BrClN. The average Bonchev–Trinajstić information content (AvgIpc) is 2.58. The molecule has 0 saturated heterocycles. The van der Waals surface area contributed by atoms with Gasteiger partial charge in [0.2, 0.25) is 0 Å². The highest BCUT2D eigenvalue weighted by Crippen LogP contribution is 2.33. The van der Waals surface area contributed by atoms with Crippen molar-refractivity contribution < 1.29 is 0 Å². The Labute approximate surface area is 144 Å². The molecule has 0 saturated carbocycles. The van der Waals surface area contributed by atoms with E-state index in [-0.39, 0.29) is 0 Å². The lowest BCUT2D eigenvalue weighted by atomic mass is 9.97. The highest BCUT2D eigenvalue weighted by atomic mass is 79.9. The molecule has 0 N–H and O–H groups in total. The Balaban J connectivity index is 2.19. The highest BCUT2D eigenvalue weighted by molar-refractivity contribution is 9.08. The number of aryl methyl sites for hydroxylation is 1. The molecule has 0 aliphatic carbocycles. The van der Waals surface area contributed by atoms with Gasteiger partial charge in [-0.15, -0.1) is 0 Å². The summed E-state index contributed by atoms with van der Waals surface area (Å²) in [6, 6.07) is 20.8. The molecule has 1 aromatic heterocycles. The predicted molar refractivity (Wildman–Crippen MR) is 97.5 cm³/mol. The van der Waals surface area contributed by atoms with E-state index in [0.717, 1.165) is 33.3 Å². The van der Waals surface area contributed by atoms with Gasteiger partial charge in [0.25, 0.3) is 0 Å². The minimum absolute atomic E-state index is 0.555. The van der Waals surface area contributed by atoms with E-state index in [4.69, 9.17) is 11.6 Å². The molecule has 110 valence electrons. The minimum Gasteiger partial charge on any atom is -0.235 e. The van der Waals surface area contributed by atoms with Gasteiger partial charge in [0.05, 0.1) is 5.69 Å². The summed E-state index contributed by atoms with van der Waals surface area (Å²) in [7, 11) is 0. The third-order valence-electron chi connectivity index (χ3n) is 3.62. The van der Waals surface area contributed by atoms with Gasteiger partial charge in [0.1, 0.15) is 5.15 Å². The van der Waals surface area contributed by atoms with E-state index >= 15 is 0 Å². The number of nitrogens with zero attached hydrogens (tertiary/aromatic N) is 1. The predicted octanol–water partition coefficient (Wildman–Crippen LogP) is 6.27. The molecule has 0 fully saturated rings. The lowest BCUT2D eigenvalue weighted by molar-refractivity contribution is 1.27. The van der Waals surface area contributed by atoms with E-state index in [1.54, 1.807) is 0 Å². The van der Waals surface area contributed by atoms with Crippen LogP contribution in [0.2, 0.25) is 5.15 Å². The van der Waals surface area contributed by atoms with Crippen molar-refractivity contribution in [1.82, 2.24) is 4.98 Å². The van der Waals surface area contributed by atoms with Crippen LogP contribution in [0.4, 0.5) is 0 Å². The minimum atomic E-state index is 0.555. The quantitative estimate of drug-likeness (QED) is 0.390. The van der Waals surface area contributed by atoms with Crippen molar-refractivity contribution in [3.8, 4) is 22.4 Å². The average molecular weight is 373 g/mol. The van der Waals surface area contributed by atoms with Crippen LogP contribution in [-0.4, -0.2) is 4.98 Å². The first kappa shape index (κ1) is 15.3. The van der Waals surface area contributed by atoms with Crippen molar-refractivity contribution >= 4 is 27.5 Å². The summed E-state index contributed by atoms with van der Waals surface area (Å²) < 4.78 is 0. The Kier molecular flexibility index (Phi) is 4.60. The molecule has 0 radical (unpaired) electrons. The van der Waals surface area contributed by atoms with Crippen molar-refractivity contribution in [1.29, 1.82) is 0 Å². The maximum Gasteiger partial charge on any atom is 0.132 e. The van der Waals surface area contributed by atoms with Crippen molar-refractivity contribution in [2.24, 2.45) is 0 Å². The number of pyridine rings is 1. The lowest BCUT2D eigenvalue weighted by Crippen LogP contribution is -1.93. The van der Waals surface area contributed by atoms with Gasteiger partial charge in [-0.1, -0.05) is 82.1 Å². The summed E-state index contributed by atoms with van der Waals surface area (Å²) in [6.07, 6.45) is 0. The monoisotopic (exact) mass is 371 g/mol. The number of halogens is 2. The van der Waals surface area contributed by atoms with Crippen LogP contribution in [-0.2, 0) is 5.33 Å². The molecule has 1 heterocycles. The van der Waals surface area contributed by atoms with Gasteiger partial charge in [0, 0.05) is 16.5 Å². The zero-order valence-electron chi connectivity index (χ0n) is 12.2. The van der Waals surface area contributed by atoms with Gasteiger partial charge in [-0.2, -0.15) is 0 Å². The van der Waals surface area contributed by atoms with Crippen LogP contribution in [0.1, 0.15) is 11.1 Å². The number of rotatable bonds is 3. The first-order valence-corrected chi connectivity index (χ1v) is 8.57. The fourth-order valence-corrected chi connectivity index (χ4v) is 2.91. The van der Waals surface area contributed by atoms with Crippen LogP contribution in [0.5, 0.6) is 0 Å². The van der Waals surface area contributed by atoms with Crippen LogP contribution in [0.3, 0.4) is 0 Å².